The zero-order chi connectivity index (χ0) is 20.2. The summed E-state index contributed by atoms with van der Waals surface area (Å²) < 4.78 is 0. The third-order valence-electron chi connectivity index (χ3n) is 5.00. The van der Waals surface area contributed by atoms with Crippen molar-refractivity contribution in [1.29, 1.82) is 0 Å². The van der Waals surface area contributed by atoms with Crippen LogP contribution in [-0.2, 0) is 11.3 Å². The summed E-state index contributed by atoms with van der Waals surface area (Å²) in [5.41, 5.74) is 3.29. The van der Waals surface area contributed by atoms with E-state index in [4.69, 9.17) is 0 Å². The number of aromatic nitrogens is 3. The summed E-state index contributed by atoms with van der Waals surface area (Å²) in [5, 5.41) is 2.99. The fourth-order valence-electron chi connectivity index (χ4n) is 3.72. The number of H-pyrrole nitrogens is 1. The van der Waals surface area contributed by atoms with Crippen molar-refractivity contribution in [2.24, 2.45) is 0 Å². The fourth-order valence-corrected chi connectivity index (χ4v) is 3.72. The number of benzene rings is 1. The molecular formula is C22H23N5O2. The molecule has 3 aromatic rings. The molecule has 2 aromatic heterocycles. The van der Waals surface area contributed by atoms with Crippen LogP contribution in [0.15, 0.2) is 59.7 Å². The first-order valence-corrected chi connectivity index (χ1v) is 9.67. The van der Waals surface area contributed by atoms with Crippen LogP contribution in [0.1, 0.15) is 18.9 Å². The van der Waals surface area contributed by atoms with Crippen LogP contribution in [-0.4, -0.2) is 44.9 Å². The predicted molar refractivity (Wildman–Crippen MR) is 111 cm³/mol. The molecule has 1 fully saturated rings. The Kier molecular flexibility index (Phi) is 5.48. The summed E-state index contributed by atoms with van der Waals surface area (Å²) >= 11 is 0. The maximum absolute atomic E-state index is 12.2. The molecule has 29 heavy (non-hydrogen) atoms. The van der Waals surface area contributed by atoms with Crippen LogP contribution >= 0.6 is 0 Å². The van der Waals surface area contributed by atoms with Crippen molar-refractivity contribution in [3.8, 4) is 22.6 Å². The standard InChI is InChI=1S/C22H23N5O2/c1-15(28)24-19-7-10-27(14-19)13-16-3-2-4-18(11-16)22-25-20(12-21(29)26-22)17-5-8-23-9-6-17/h2-6,8-9,11-12,19H,7,10,13-14H2,1H3,(H,24,28)(H,25,26,29). The molecule has 0 spiro atoms. The summed E-state index contributed by atoms with van der Waals surface area (Å²) in [7, 11) is 0. The first-order chi connectivity index (χ1) is 14.1. The molecule has 4 rings (SSSR count). The van der Waals surface area contributed by atoms with E-state index in [0.29, 0.717) is 11.5 Å². The van der Waals surface area contributed by atoms with E-state index in [2.05, 4.69) is 37.3 Å². The van der Waals surface area contributed by atoms with Crippen LogP contribution in [0.5, 0.6) is 0 Å². The molecule has 7 nitrogen and oxygen atoms in total. The topological polar surface area (TPSA) is 91.0 Å². The van der Waals surface area contributed by atoms with Gasteiger partial charge in [-0.05, 0) is 30.2 Å². The Morgan fingerprint density at radius 3 is 2.83 bits per heavy atom. The van der Waals surface area contributed by atoms with Crippen LogP contribution in [0.25, 0.3) is 22.6 Å². The highest BCUT2D eigenvalue weighted by Gasteiger charge is 2.22. The Bertz CT molecular complexity index is 1060. The maximum Gasteiger partial charge on any atom is 0.251 e. The third-order valence-corrected chi connectivity index (χ3v) is 5.00. The van der Waals surface area contributed by atoms with Gasteiger partial charge in [0.1, 0.15) is 5.82 Å². The summed E-state index contributed by atoms with van der Waals surface area (Å²) in [6.07, 6.45) is 4.33. The Balaban J connectivity index is 1.54. The second kappa shape index (κ2) is 8.36. The predicted octanol–water partition coefficient (Wildman–Crippen LogP) is 2.21. The van der Waals surface area contributed by atoms with Gasteiger partial charge < -0.3 is 10.3 Å². The monoisotopic (exact) mass is 389 g/mol. The molecule has 2 N–H and O–H groups in total. The molecule has 7 heteroatoms. The van der Waals surface area contributed by atoms with E-state index in [-0.39, 0.29) is 17.5 Å². The van der Waals surface area contributed by atoms with Crippen molar-refractivity contribution >= 4 is 5.91 Å². The quantitative estimate of drug-likeness (QED) is 0.698. The van der Waals surface area contributed by atoms with Gasteiger partial charge in [0.15, 0.2) is 0 Å². The second-order valence-electron chi connectivity index (χ2n) is 7.34. The lowest BCUT2D eigenvalue weighted by Gasteiger charge is -2.17. The van der Waals surface area contributed by atoms with E-state index in [9.17, 15) is 9.59 Å². The van der Waals surface area contributed by atoms with Gasteiger partial charge in [-0.3, -0.25) is 19.5 Å². The molecule has 0 saturated carbocycles. The van der Waals surface area contributed by atoms with Gasteiger partial charge in [-0.25, -0.2) is 4.98 Å². The summed E-state index contributed by atoms with van der Waals surface area (Å²) in [6.45, 7) is 4.14. The van der Waals surface area contributed by atoms with E-state index >= 15 is 0 Å². The van der Waals surface area contributed by atoms with E-state index < -0.39 is 0 Å². The van der Waals surface area contributed by atoms with Crippen molar-refractivity contribution in [3.05, 3.63) is 70.8 Å². The van der Waals surface area contributed by atoms with Gasteiger partial charge in [-0.15, -0.1) is 0 Å². The summed E-state index contributed by atoms with van der Waals surface area (Å²) in [6, 6.07) is 13.4. The number of pyridine rings is 1. The minimum Gasteiger partial charge on any atom is -0.352 e. The molecule has 148 valence electrons. The summed E-state index contributed by atoms with van der Waals surface area (Å²) in [5.74, 6) is 0.562. The van der Waals surface area contributed by atoms with Gasteiger partial charge in [-0.1, -0.05) is 18.2 Å². The van der Waals surface area contributed by atoms with Crippen molar-refractivity contribution < 1.29 is 4.79 Å². The molecule has 1 aromatic carbocycles. The molecular weight excluding hydrogens is 366 g/mol. The number of carbonyl (C=O) groups excluding carboxylic acids is 1. The van der Waals surface area contributed by atoms with Gasteiger partial charge in [0.05, 0.1) is 5.69 Å². The van der Waals surface area contributed by atoms with Crippen molar-refractivity contribution in [2.45, 2.75) is 25.9 Å². The Labute approximate surface area is 168 Å². The number of amides is 1. The van der Waals surface area contributed by atoms with Crippen molar-refractivity contribution in [1.82, 2.24) is 25.2 Å². The van der Waals surface area contributed by atoms with Crippen molar-refractivity contribution in [2.75, 3.05) is 13.1 Å². The largest absolute Gasteiger partial charge is 0.352 e. The second-order valence-corrected chi connectivity index (χ2v) is 7.34. The number of aromatic amines is 1. The molecule has 1 saturated heterocycles. The Hall–Kier alpha value is -3.32. The molecule has 1 amide bonds. The lowest BCUT2D eigenvalue weighted by atomic mass is 10.1. The fraction of sp³-hybridized carbons (Fsp3) is 0.273. The number of likely N-dealkylation sites (tertiary alicyclic amines) is 1. The van der Waals surface area contributed by atoms with E-state index in [0.717, 1.165) is 42.7 Å². The minimum absolute atomic E-state index is 0.0166. The van der Waals surface area contributed by atoms with Gasteiger partial charge in [0.25, 0.3) is 5.56 Å². The molecule has 3 heterocycles. The van der Waals surface area contributed by atoms with Gasteiger partial charge in [-0.2, -0.15) is 0 Å². The number of nitrogens with one attached hydrogen (secondary N) is 2. The van der Waals surface area contributed by atoms with Crippen LogP contribution in [0.2, 0.25) is 0 Å². The van der Waals surface area contributed by atoms with E-state index in [1.807, 2.05) is 24.3 Å². The third kappa shape index (κ3) is 4.75. The van der Waals surface area contributed by atoms with Crippen LogP contribution in [0.4, 0.5) is 0 Å². The molecule has 1 atom stereocenters. The van der Waals surface area contributed by atoms with Crippen LogP contribution < -0.4 is 10.9 Å². The van der Waals surface area contributed by atoms with Crippen molar-refractivity contribution in [3.63, 3.8) is 0 Å². The van der Waals surface area contributed by atoms with Gasteiger partial charge >= 0.3 is 0 Å². The zero-order valence-corrected chi connectivity index (χ0v) is 16.3. The number of rotatable bonds is 5. The summed E-state index contributed by atoms with van der Waals surface area (Å²) in [4.78, 5) is 37.3. The van der Waals surface area contributed by atoms with Crippen LogP contribution in [0.3, 0.4) is 0 Å². The molecule has 1 unspecified atom stereocenters. The number of carbonyl (C=O) groups is 1. The molecule has 0 aliphatic carbocycles. The average Bonchev–Trinajstić information content (AvgIpc) is 3.14. The average molecular weight is 389 g/mol. The highest BCUT2D eigenvalue weighted by Crippen LogP contribution is 2.21. The van der Waals surface area contributed by atoms with Crippen LogP contribution in [0, 0.1) is 0 Å². The number of hydrogen-bond acceptors (Lipinski definition) is 5. The zero-order valence-electron chi connectivity index (χ0n) is 16.3. The number of nitrogens with zero attached hydrogens (tertiary/aromatic N) is 3. The molecule has 1 aliphatic heterocycles. The Morgan fingerprint density at radius 2 is 2.03 bits per heavy atom. The normalized spacial score (nSPS) is 16.7. The highest BCUT2D eigenvalue weighted by atomic mass is 16.1. The SMILES string of the molecule is CC(=O)NC1CCN(Cc2cccc(-c3nc(-c4ccncc4)cc(=O)[nH]3)c2)C1. The smallest absolute Gasteiger partial charge is 0.251 e. The lowest BCUT2D eigenvalue weighted by molar-refractivity contribution is -0.119. The first kappa shape index (κ1) is 19.0. The maximum atomic E-state index is 12.2. The molecule has 0 radical (unpaired) electrons. The minimum atomic E-state index is -0.190. The van der Waals surface area contributed by atoms with E-state index in [1.54, 1.807) is 19.3 Å². The highest BCUT2D eigenvalue weighted by molar-refractivity contribution is 5.73. The number of hydrogen-bond donors (Lipinski definition) is 2. The molecule has 1 aliphatic rings. The first-order valence-electron chi connectivity index (χ1n) is 9.67. The molecule has 0 bridgehead atoms. The van der Waals surface area contributed by atoms with Gasteiger partial charge in [0, 0.05) is 62.2 Å². The lowest BCUT2D eigenvalue weighted by Crippen LogP contribution is -2.35. The Morgan fingerprint density at radius 1 is 1.21 bits per heavy atom. The van der Waals surface area contributed by atoms with Gasteiger partial charge in [0.2, 0.25) is 5.91 Å². The van der Waals surface area contributed by atoms with E-state index in [1.165, 1.54) is 6.07 Å².